The van der Waals surface area contributed by atoms with Crippen molar-refractivity contribution in [3.8, 4) is 5.75 Å². The van der Waals surface area contributed by atoms with Crippen molar-refractivity contribution in [1.29, 1.82) is 0 Å². The third kappa shape index (κ3) is 2.23. The topological polar surface area (TPSA) is 66.8 Å². The van der Waals surface area contributed by atoms with E-state index in [1.165, 1.54) is 25.3 Å². The summed E-state index contributed by atoms with van der Waals surface area (Å²) in [4.78, 5) is 10.8. The predicted molar refractivity (Wildman–Crippen MR) is 50.4 cm³/mol. The Labute approximate surface area is 85.7 Å². The van der Waals surface area contributed by atoms with Crippen molar-refractivity contribution in [2.75, 3.05) is 7.11 Å². The van der Waals surface area contributed by atoms with Gasteiger partial charge < -0.3 is 14.9 Å². The van der Waals surface area contributed by atoms with Gasteiger partial charge in [0.1, 0.15) is 5.75 Å². The second-order valence-electron chi connectivity index (χ2n) is 2.60. The van der Waals surface area contributed by atoms with Crippen LogP contribution in [0.25, 0.3) is 0 Å². The SMILES string of the molecule is COc1cc(C(=O)Cl)ccc1C(O)O. The number of aliphatic hydroxyl groups excluding tert-OH is 1. The number of carbonyl (C=O) groups excluding carboxylic acids is 1. The second kappa shape index (κ2) is 4.41. The molecular weight excluding hydrogens is 208 g/mol. The van der Waals surface area contributed by atoms with E-state index in [9.17, 15) is 4.79 Å². The molecule has 0 aliphatic rings. The third-order valence-corrected chi connectivity index (χ3v) is 1.96. The normalized spacial score (nSPS) is 10.4. The van der Waals surface area contributed by atoms with Gasteiger partial charge in [-0.2, -0.15) is 0 Å². The van der Waals surface area contributed by atoms with Crippen LogP contribution in [0.1, 0.15) is 22.2 Å². The molecule has 1 rings (SSSR count). The molecule has 2 N–H and O–H groups in total. The van der Waals surface area contributed by atoms with E-state index in [4.69, 9.17) is 26.6 Å². The maximum atomic E-state index is 10.8. The molecule has 0 amide bonds. The van der Waals surface area contributed by atoms with Gasteiger partial charge in [0.25, 0.3) is 5.24 Å². The molecule has 0 aliphatic carbocycles. The van der Waals surface area contributed by atoms with Gasteiger partial charge in [-0.3, -0.25) is 4.79 Å². The molecule has 0 aliphatic heterocycles. The number of ether oxygens (including phenoxy) is 1. The van der Waals surface area contributed by atoms with Gasteiger partial charge in [-0.1, -0.05) is 0 Å². The first-order chi connectivity index (χ1) is 6.56. The Bertz CT molecular complexity index is 349. The van der Waals surface area contributed by atoms with Crippen LogP contribution in [0.2, 0.25) is 0 Å². The highest BCUT2D eigenvalue weighted by Gasteiger charge is 2.12. The van der Waals surface area contributed by atoms with E-state index in [0.717, 1.165) is 0 Å². The van der Waals surface area contributed by atoms with E-state index in [0.29, 0.717) is 0 Å². The van der Waals surface area contributed by atoms with E-state index in [2.05, 4.69) is 0 Å². The van der Waals surface area contributed by atoms with E-state index in [-0.39, 0.29) is 16.9 Å². The van der Waals surface area contributed by atoms with Gasteiger partial charge in [0.2, 0.25) is 0 Å². The zero-order valence-corrected chi connectivity index (χ0v) is 8.15. The molecule has 0 bridgehead atoms. The molecule has 0 atom stereocenters. The van der Waals surface area contributed by atoms with Crippen LogP contribution in [0, 0.1) is 0 Å². The Balaban J connectivity index is 3.18. The standard InChI is InChI=1S/C9H9ClO4/c1-14-7-4-5(8(10)11)2-3-6(7)9(12)13/h2-4,9,12-13H,1H3. The summed E-state index contributed by atoms with van der Waals surface area (Å²) in [5.74, 6) is 0.214. The number of rotatable bonds is 3. The Morgan fingerprint density at radius 1 is 1.50 bits per heavy atom. The van der Waals surface area contributed by atoms with Crippen molar-refractivity contribution >= 4 is 16.8 Å². The number of methoxy groups -OCH3 is 1. The molecule has 1 aromatic rings. The summed E-state index contributed by atoms with van der Waals surface area (Å²) < 4.78 is 4.87. The summed E-state index contributed by atoms with van der Waals surface area (Å²) in [6.07, 6.45) is -1.63. The molecule has 0 spiro atoms. The smallest absolute Gasteiger partial charge is 0.252 e. The summed E-state index contributed by atoms with van der Waals surface area (Å²) >= 11 is 5.24. The predicted octanol–water partition coefficient (Wildman–Crippen LogP) is 1.06. The largest absolute Gasteiger partial charge is 0.496 e. The molecule has 76 valence electrons. The second-order valence-corrected chi connectivity index (χ2v) is 2.95. The third-order valence-electron chi connectivity index (χ3n) is 1.74. The lowest BCUT2D eigenvalue weighted by Crippen LogP contribution is -2.00. The first-order valence-corrected chi connectivity index (χ1v) is 4.18. The summed E-state index contributed by atoms with van der Waals surface area (Å²) in [6.45, 7) is 0. The van der Waals surface area contributed by atoms with Crippen LogP contribution in [0.5, 0.6) is 5.75 Å². The number of aliphatic hydroxyl groups is 2. The van der Waals surface area contributed by atoms with Gasteiger partial charge in [-0.15, -0.1) is 0 Å². The van der Waals surface area contributed by atoms with Crippen molar-refractivity contribution in [3.05, 3.63) is 29.3 Å². The molecule has 0 radical (unpaired) electrons. The molecule has 0 unspecified atom stereocenters. The summed E-state index contributed by atoms with van der Waals surface area (Å²) in [6, 6.07) is 4.12. The van der Waals surface area contributed by atoms with E-state index in [1.807, 2.05) is 0 Å². The number of carbonyl (C=O) groups is 1. The molecule has 0 aromatic heterocycles. The van der Waals surface area contributed by atoms with Crippen LogP contribution in [0.3, 0.4) is 0 Å². The molecule has 0 saturated carbocycles. The number of halogens is 1. The summed E-state index contributed by atoms with van der Waals surface area (Å²) in [5.41, 5.74) is 0.432. The minimum Gasteiger partial charge on any atom is -0.496 e. The van der Waals surface area contributed by atoms with Crippen molar-refractivity contribution in [2.24, 2.45) is 0 Å². The molecule has 0 heterocycles. The minimum absolute atomic E-state index is 0.189. The summed E-state index contributed by atoms with van der Waals surface area (Å²) in [7, 11) is 1.36. The highest BCUT2D eigenvalue weighted by molar-refractivity contribution is 6.67. The average Bonchev–Trinajstić information content (AvgIpc) is 2.16. The Morgan fingerprint density at radius 2 is 2.14 bits per heavy atom. The summed E-state index contributed by atoms with van der Waals surface area (Å²) in [5, 5.41) is 17.2. The molecule has 0 saturated heterocycles. The zero-order chi connectivity index (χ0) is 10.7. The molecule has 1 aromatic carbocycles. The lowest BCUT2D eigenvalue weighted by Gasteiger charge is -2.10. The maximum Gasteiger partial charge on any atom is 0.252 e. The quantitative estimate of drug-likeness (QED) is 0.586. The molecule has 5 heteroatoms. The van der Waals surface area contributed by atoms with Gasteiger partial charge >= 0.3 is 0 Å². The fourth-order valence-corrected chi connectivity index (χ4v) is 1.16. The van der Waals surface area contributed by atoms with Crippen molar-refractivity contribution < 1.29 is 19.7 Å². The van der Waals surface area contributed by atoms with E-state index in [1.54, 1.807) is 0 Å². The van der Waals surface area contributed by atoms with E-state index < -0.39 is 11.5 Å². The Morgan fingerprint density at radius 3 is 2.57 bits per heavy atom. The van der Waals surface area contributed by atoms with Crippen molar-refractivity contribution in [1.82, 2.24) is 0 Å². The number of hydrogen-bond donors (Lipinski definition) is 2. The highest BCUT2D eigenvalue weighted by atomic mass is 35.5. The highest BCUT2D eigenvalue weighted by Crippen LogP contribution is 2.25. The van der Waals surface area contributed by atoms with Crippen molar-refractivity contribution in [3.63, 3.8) is 0 Å². The van der Waals surface area contributed by atoms with Gasteiger partial charge in [-0.05, 0) is 29.8 Å². The van der Waals surface area contributed by atoms with Crippen LogP contribution in [0.15, 0.2) is 18.2 Å². The van der Waals surface area contributed by atoms with Crippen LogP contribution in [-0.2, 0) is 0 Å². The van der Waals surface area contributed by atoms with Gasteiger partial charge in [0.05, 0.1) is 7.11 Å². The fourth-order valence-electron chi connectivity index (χ4n) is 1.05. The number of benzene rings is 1. The molecule has 0 fully saturated rings. The lowest BCUT2D eigenvalue weighted by atomic mass is 10.1. The first-order valence-electron chi connectivity index (χ1n) is 3.80. The fraction of sp³-hybridized carbons (Fsp3) is 0.222. The first kappa shape index (κ1) is 11.0. The van der Waals surface area contributed by atoms with Gasteiger partial charge in [0.15, 0.2) is 6.29 Å². The van der Waals surface area contributed by atoms with Crippen LogP contribution < -0.4 is 4.74 Å². The van der Waals surface area contributed by atoms with Crippen LogP contribution in [-0.4, -0.2) is 22.6 Å². The average molecular weight is 217 g/mol. The Kier molecular flexibility index (Phi) is 3.46. The molecular formula is C9H9ClO4. The van der Waals surface area contributed by atoms with Gasteiger partial charge in [-0.25, -0.2) is 0 Å². The van der Waals surface area contributed by atoms with E-state index >= 15 is 0 Å². The molecule has 14 heavy (non-hydrogen) atoms. The minimum atomic E-state index is -1.63. The van der Waals surface area contributed by atoms with Crippen LogP contribution in [0.4, 0.5) is 0 Å². The van der Waals surface area contributed by atoms with Gasteiger partial charge in [0, 0.05) is 11.1 Å². The number of hydrogen-bond acceptors (Lipinski definition) is 4. The monoisotopic (exact) mass is 216 g/mol. The lowest BCUT2D eigenvalue weighted by molar-refractivity contribution is -0.0439. The molecule has 4 nitrogen and oxygen atoms in total. The van der Waals surface area contributed by atoms with Crippen LogP contribution >= 0.6 is 11.6 Å². The maximum absolute atomic E-state index is 10.8. The Hall–Kier alpha value is -1.10. The zero-order valence-electron chi connectivity index (χ0n) is 7.40. The van der Waals surface area contributed by atoms with Crippen molar-refractivity contribution in [2.45, 2.75) is 6.29 Å².